The molecule has 0 saturated heterocycles. The van der Waals surface area contributed by atoms with Crippen LogP contribution in [0.2, 0.25) is 0 Å². The van der Waals surface area contributed by atoms with Crippen LogP contribution < -0.4 is 0 Å². The quantitative estimate of drug-likeness (QED) is 0.720. The molecule has 0 unspecified atom stereocenters. The molecule has 23 heavy (non-hydrogen) atoms. The van der Waals surface area contributed by atoms with Crippen molar-refractivity contribution < 1.29 is 19.4 Å². The van der Waals surface area contributed by atoms with Crippen LogP contribution in [0.3, 0.4) is 0 Å². The third kappa shape index (κ3) is 2.03. The smallest absolute Gasteiger partial charge is 0.139 e. The number of rotatable bonds is 0. The SMILES string of the molecule is C[C@]12CC[C@@H](F)C[C@@H]1C[C@@H](O)[C@@H]1[C@@H]2[C@H](O)C[C@]2(C)C(=O)CC[C@@H]12. The van der Waals surface area contributed by atoms with Gasteiger partial charge in [-0.1, -0.05) is 13.8 Å². The zero-order valence-electron chi connectivity index (χ0n) is 14.2. The lowest BCUT2D eigenvalue weighted by atomic mass is 9.44. The van der Waals surface area contributed by atoms with Gasteiger partial charge in [-0.2, -0.15) is 0 Å². The summed E-state index contributed by atoms with van der Waals surface area (Å²) in [5.74, 6) is 0.588. The van der Waals surface area contributed by atoms with Crippen molar-refractivity contribution in [1.82, 2.24) is 0 Å². The maximum atomic E-state index is 13.9. The average molecular weight is 324 g/mol. The van der Waals surface area contributed by atoms with Gasteiger partial charge in [0.05, 0.1) is 12.2 Å². The summed E-state index contributed by atoms with van der Waals surface area (Å²) in [5.41, 5.74) is -0.569. The fourth-order valence-electron chi connectivity index (χ4n) is 7.06. The van der Waals surface area contributed by atoms with E-state index < -0.39 is 23.8 Å². The van der Waals surface area contributed by atoms with E-state index in [1.807, 2.05) is 6.92 Å². The number of carbonyl (C=O) groups is 1. The normalized spacial score (nSPS) is 59.2. The Morgan fingerprint density at radius 1 is 1.13 bits per heavy atom. The molecular formula is C19H29FO3. The van der Waals surface area contributed by atoms with Gasteiger partial charge in [0.2, 0.25) is 0 Å². The number of hydrogen-bond acceptors (Lipinski definition) is 3. The lowest BCUT2D eigenvalue weighted by molar-refractivity contribution is -0.204. The molecule has 0 aromatic rings. The van der Waals surface area contributed by atoms with E-state index in [9.17, 15) is 19.4 Å². The molecule has 0 aromatic heterocycles. The molecule has 0 radical (unpaired) electrons. The highest BCUT2D eigenvalue weighted by molar-refractivity contribution is 5.87. The van der Waals surface area contributed by atoms with Crippen LogP contribution in [0.25, 0.3) is 0 Å². The molecule has 0 heterocycles. The van der Waals surface area contributed by atoms with E-state index in [-0.39, 0.29) is 34.9 Å². The highest BCUT2D eigenvalue weighted by atomic mass is 19.1. The van der Waals surface area contributed by atoms with Crippen molar-refractivity contribution in [2.24, 2.45) is 34.5 Å². The second kappa shape index (κ2) is 5.01. The molecule has 4 aliphatic rings. The minimum atomic E-state index is -0.768. The minimum Gasteiger partial charge on any atom is -0.393 e. The van der Waals surface area contributed by atoms with Gasteiger partial charge in [0.1, 0.15) is 12.0 Å². The number of Topliss-reactive ketones (excluding diaryl/α,β-unsaturated/α-hetero) is 1. The Balaban J connectivity index is 1.74. The molecule has 0 bridgehead atoms. The molecule has 0 spiro atoms. The second-order valence-corrected chi connectivity index (χ2v) is 9.24. The van der Waals surface area contributed by atoms with Crippen LogP contribution in [0.4, 0.5) is 4.39 Å². The summed E-state index contributed by atoms with van der Waals surface area (Å²) in [7, 11) is 0. The van der Waals surface area contributed by atoms with E-state index >= 15 is 0 Å². The van der Waals surface area contributed by atoms with Crippen LogP contribution in [0.5, 0.6) is 0 Å². The Morgan fingerprint density at radius 2 is 1.87 bits per heavy atom. The van der Waals surface area contributed by atoms with Crippen molar-refractivity contribution >= 4 is 5.78 Å². The van der Waals surface area contributed by atoms with Crippen LogP contribution in [-0.2, 0) is 4.79 Å². The Hall–Kier alpha value is -0.480. The van der Waals surface area contributed by atoms with Gasteiger partial charge in [-0.15, -0.1) is 0 Å². The van der Waals surface area contributed by atoms with Gasteiger partial charge in [0.15, 0.2) is 0 Å². The van der Waals surface area contributed by atoms with Gasteiger partial charge in [0.25, 0.3) is 0 Å². The molecule has 4 saturated carbocycles. The van der Waals surface area contributed by atoms with Crippen molar-refractivity contribution in [3.05, 3.63) is 0 Å². The number of aliphatic hydroxyl groups excluding tert-OH is 2. The maximum Gasteiger partial charge on any atom is 0.139 e. The van der Waals surface area contributed by atoms with Gasteiger partial charge in [-0.3, -0.25) is 4.79 Å². The summed E-state index contributed by atoms with van der Waals surface area (Å²) in [5, 5.41) is 21.8. The predicted molar refractivity (Wildman–Crippen MR) is 84.4 cm³/mol. The first-order chi connectivity index (χ1) is 10.8. The molecule has 3 nitrogen and oxygen atoms in total. The largest absolute Gasteiger partial charge is 0.393 e. The monoisotopic (exact) mass is 324 g/mol. The molecule has 2 N–H and O–H groups in total. The highest BCUT2D eigenvalue weighted by Crippen LogP contribution is 2.65. The predicted octanol–water partition coefficient (Wildman–Crippen LogP) is 2.88. The summed E-state index contributed by atoms with van der Waals surface area (Å²) < 4.78 is 13.9. The zero-order valence-corrected chi connectivity index (χ0v) is 14.2. The standard InChI is InChI=1S/C19H29FO3/c1-18-6-5-11(20)7-10(18)8-13(21)16-12-3-4-15(23)19(12,2)9-14(22)17(16)18/h10-14,16-17,21-22H,3-9H2,1-2H3/t10-,11-,12+,13-,14-,16-,17+,18+,19+/m1/s1. The van der Waals surface area contributed by atoms with Gasteiger partial charge in [0, 0.05) is 11.8 Å². The van der Waals surface area contributed by atoms with Crippen molar-refractivity contribution in [1.29, 1.82) is 0 Å². The molecule has 4 aliphatic carbocycles. The first-order valence-corrected chi connectivity index (χ1v) is 9.31. The van der Waals surface area contributed by atoms with E-state index in [2.05, 4.69) is 6.92 Å². The summed E-state index contributed by atoms with van der Waals surface area (Å²) in [6.45, 7) is 4.20. The van der Waals surface area contributed by atoms with E-state index in [1.165, 1.54) is 0 Å². The summed E-state index contributed by atoms with van der Waals surface area (Å²) in [6.07, 6.45) is 2.62. The van der Waals surface area contributed by atoms with Crippen LogP contribution in [-0.4, -0.2) is 34.4 Å². The Morgan fingerprint density at radius 3 is 2.61 bits per heavy atom. The molecule has 0 aromatic carbocycles. The van der Waals surface area contributed by atoms with E-state index in [1.54, 1.807) is 0 Å². The fraction of sp³-hybridized carbons (Fsp3) is 0.947. The number of hydrogen-bond donors (Lipinski definition) is 2. The van der Waals surface area contributed by atoms with Crippen LogP contribution in [0.1, 0.15) is 58.8 Å². The topological polar surface area (TPSA) is 57.5 Å². The molecule has 0 aliphatic heterocycles. The zero-order chi connectivity index (χ0) is 16.6. The highest BCUT2D eigenvalue weighted by Gasteiger charge is 2.65. The molecule has 9 atom stereocenters. The lowest BCUT2D eigenvalue weighted by Crippen LogP contribution is -2.62. The van der Waals surface area contributed by atoms with Crippen LogP contribution >= 0.6 is 0 Å². The number of halogens is 1. The molecule has 4 rings (SSSR count). The number of carbonyl (C=O) groups excluding carboxylic acids is 1. The van der Waals surface area contributed by atoms with Crippen molar-refractivity contribution in [3.8, 4) is 0 Å². The summed E-state index contributed by atoms with van der Waals surface area (Å²) in [6, 6.07) is 0. The van der Waals surface area contributed by atoms with Gasteiger partial charge >= 0.3 is 0 Å². The molecule has 4 fully saturated rings. The van der Waals surface area contributed by atoms with Gasteiger partial charge in [-0.05, 0) is 67.6 Å². The van der Waals surface area contributed by atoms with Crippen molar-refractivity contribution in [2.75, 3.05) is 0 Å². The Labute approximate surface area is 137 Å². The fourth-order valence-corrected chi connectivity index (χ4v) is 7.06. The van der Waals surface area contributed by atoms with Crippen LogP contribution in [0, 0.1) is 34.5 Å². The lowest BCUT2D eigenvalue weighted by Gasteiger charge is -2.62. The van der Waals surface area contributed by atoms with E-state index in [0.29, 0.717) is 32.1 Å². The number of ketones is 1. The van der Waals surface area contributed by atoms with E-state index in [0.717, 1.165) is 12.8 Å². The molecule has 130 valence electrons. The third-order valence-corrected chi connectivity index (χ3v) is 8.27. The summed E-state index contributed by atoms with van der Waals surface area (Å²) >= 11 is 0. The number of fused-ring (bicyclic) bond motifs is 5. The van der Waals surface area contributed by atoms with Crippen LogP contribution in [0.15, 0.2) is 0 Å². The maximum absolute atomic E-state index is 13.9. The second-order valence-electron chi connectivity index (χ2n) is 9.24. The van der Waals surface area contributed by atoms with Crippen molar-refractivity contribution in [2.45, 2.75) is 77.2 Å². The first-order valence-electron chi connectivity index (χ1n) is 9.31. The number of aliphatic hydroxyl groups is 2. The third-order valence-electron chi connectivity index (χ3n) is 8.27. The Bertz CT molecular complexity index is 523. The number of alkyl halides is 1. The molecule has 4 heteroatoms. The average Bonchev–Trinajstić information content (AvgIpc) is 2.76. The summed E-state index contributed by atoms with van der Waals surface area (Å²) in [4.78, 5) is 12.4. The molecular weight excluding hydrogens is 295 g/mol. The van der Waals surface area contributed by atoms with Gasteiger partial charge in [-0.25, -0.2) is 4.39 Å². The first kappa shape index (κ1) is 16.0. The van der Waals surface area contributed by atoms with E-state index in [4.69, 9.17) is 0 Å². The minimum absolute atomic E-state index is 0.00684. The van der Waals surface area contributed by atoms with Crippen molar-refractivity contribution in [3.63, 3.8) is 0 Å². The van der Waals surface area contributed by atoms with Gasteiger partial charge < -0.3 is 10.2 Å². The Kier molecular flexibility index (Phi) is 3.49. The molecule has 0 amide bonds.